The number of fused-ring (bicyclic) bond motifs is 1. The Labute approximate surface area is 251 Å². The Bertz CT molecular complexity index is 1710. The van der Waals surface area contributed by atoms with Gasteiger partial charge in [0.05, 0.1) is 11.4 Å². The van der Waals surface area contributed by atoms with Gasteiger partial charge in [-0.15, -0.1) is 0 Å². The first-order valence-electron chi connectivity index (χ1n) is 14.6. The third-order valence-corrected chi connectivity index (χ3v) is 9.54. The number of amides is 1. The van der Waals surface area contributed by atoms with Crippen LogP contribution in [0.4, 0.5) is 14.5 Å². The summed E-state index contributed by atoms with van der Waals surface area (Å²) in [5.41, 5.74) is 3.28. The standard InChI is InChI=1S/C31H30F2N4O3S.C2H6/c1-36-15-14-34-30(36)19-37(31(38)28-18-26(28)21-5-2-6-23(33)16-21)24-11-8-20-4-3-7-29(27(20)17-24)35-41(39,40)25-12-9-22(32)10-13-25;1-2/h2,5-6,8-17,26,28-29,35H,3-4,7,18-19H2,1H3;1-2H3/t26-,28+,29?;/m1./s1. The average molecular weight is 607 g/mol. The number of sulfonamides is 1. The molecule has 0 radical (unpaired) electrons. The lowest BCUT2D eigenvalue weighted by Gasteiger charge is -2.29. The number of halogens is 2. The lowest BCUT2D eigenvalue weighted by Crippen LogP contribution is -2.34. The molecule has 0 saturated heterocycles. The van der Waals surface area contributed by atoms with Gasteiger partial charge in [0.1, 0.15) is 17.5 Å². The van der Waals surface area contributed by atoms with Gasteiger partial charge in [-0.3, -0.25) is 4.79 Å². The van der Waals surface area contributed by atoms with E-state index in [9.17, 15) is 22.0 Å². The van der Waals surface area contributed by atoms with Crippen LogP contribution in [0.2, 0.25) is 0 Å². The number of hydrogen-bond acceptors (Lipinski definition) is 4. The molecule has 1 N–H and O–H groups in total. The Kier molecular flexibility index (Phi) is 9.08. The summed E-state index contributed by atoms with van der Waals surface area (Å²) in [5.74, 6) is -0.566. The molecule has 0 spiro atoms. The van der Waals surface area contributed by atoms with Crippen molar-refractivity contribution in [3.05, 3.63) is 113 Å². The number of aromatic nitrogens is 2. The summed E-state index contributed by atoms with van der Waals surface area (Å²) in [4.78, 5) is 20.1. The number of carbonyl (C=O) groups excluding carboxylic acids is 1. The Balaban J connectivity index is 0.00000180. The summed E-state index contributed by atoms with van der Waals surface area (Å²) < 4.78 is 58.2. The molecule has 1 amide bonds. The van der Waals surface area contributed by atoms with E-state index in [4.69, 9.17) is 0 Å². The first-order chi connectivity index (χ1) is 20.7. The summed E-state index contributed by atoms with van der Waals surface area (Å²) in [6.07, 6.45) is 6.31. The van der Waals surface area contributed by atoms with Crippen molar-refractivity contribution < 1.29 is 22.0 Å². The molecule has 4 aromatic rings. The number of rotatable bonds is 8. The third-order valence-electron chi connectivity index (χ3n) is 8.05. The highest BCUT2D eigenvalue weighted by molar-refractivity contribution is 7.89. The van der Waals surface area contributed by atoms with Crippen molar-refractivity contribution in [1.82, 2.24) is 14.3 Å². The van der Waals surface area contributed by atoms with Crippen molar-refractivity contribution in [2.75, 3.05) is 4.90 Å². The quantitative estimate of drug-likeness (QED) is 0.251. The molecule has 1 fully saturated rings. The zero-order chi connectivity index (χ0) is 30.7. The molecule has 1 aromatic heterocycles. The summed E-state index contributed by atoms with van der Waals surface area (Å²) in [7, 11) is -2.04. The fourth-order valence-corrected chi connectivity index (χ4v) is 6.96. The van der Waals surface area contributed by atoms with E-state index < -0.39 is 21.9 Å². The second-order valence-electron chi connectivity index (χ2n) is 10.8. The largest absolute Gasteiger partial charge is 0.337 e. The highest BCUT2D eigenvalue weighted by atomic mass is 32.2. The number of aryl methyl sites for hydroxylation is 2. The van der Waals surface area contributed by atoms with Crippen LogP contribution in [0.5, 0.6) is 0 Å². The molecule has 1 unspecified atom stereocenters. The van der Waals surface area contributed by atoms with Crippen LogP contribution < -0.4 is 9.62 Å². The van der Waals surface area contributed by atoms with Crippen molar-refractivity contribution >= 4 is 21.6 Å². The highest BCUT2D eigenvalue weighted by Gasteiger charge is 2.46. The summed E-state index contributed by atoms with van der Waals surface area (Å²) >= 11 is 0. The molecule has 0 bridgehead atoms. The predicted molar refractivity (Wildman–Crippen MR) is 162 cm³/mol. The van der Waals surface area contributed by atoms with E-state index in [-0.39, 0.29) is 35.0 Å². The van der Waals surface area contributed by atoms with Crippen molar-refractivity contribution in [2.45, 2.75) is 62.9 Å². The van der Waals surface area contributed by atoms with Crippen LogP contribution >= 0.6 is 0 Å². The number of benzene rings is 3. The van der Waals surface area contributed by atoms with Gasteiger partial charge in [0.15, 0.2) is 0 Å². The predicted octanol–water partition coefficient (Wildman–Crippen LogP) is 6.42. The van der Waals surface area contributed by atoms with Crippen molar-refractivity contribution in [1.29, 1.82) is 0 Å². The van der Waals surface area contributed by atoms with E-state index in [2.05, 4.69) is 9.71 Å². The number of nitrogens with one attached hydrogen (secondary N) is 1. The lowest BCUT2D eigenvalue weighted by atomic mass is 9.87. The zero-order valence-corrected chi connectivity index (χ0v) is 25.3. The van der Waals surface area contributed by atoms with Gasteiger partial charge in [0.2, 0.25) is 15.9 Å². The fourth-order valence-electron chi connectivity index (χ4n) is 5.71. The van der Waals surface area contributed by atoms with Gasteiger partial charge in [-0.05, 0) is 96.8 Å². The number of carbonyl (C=O) groups is 1. The molecule has 2 aliphatic rings. The lowest BCUT2D eigenvalue weighted by molar-refractivity contribution is -0.120. The Morgan fingerprint density at radius 1 is 1.05 bits per heavy atom. The molecule has 1 saturated carbocycles. The SMILES string of the molecule is CC.Cn1ccnc1CN(C(=O)[C@H]1C[C@@H]1c1cccc(F)c1)c1ccc2c(c1)C(NS(=O)(=O)c1ccc(F)cc1)CCC2. The normalized spacial score (nSPS) is 19.1. The summed E-state index contributed by atoms with van der Waals surface area (Å²) in [6.45, 7) is 4.24. The van der Waals surface area contributed by atoms with Crippen molar-refractivity contribution in [2.24, 2.45) is 13.0 Å². The van der Waals surface area contributed by atoms with Crippen LogP contribution in [0.15, 0.2) is 84.0 Å². The minimum atomic E-state index is -3.90. The maximum atomic E-state index is 14.0. The molecule has 3 aromatic carbocycles. The van der Waals surface area contributed by atoms with E-state index >= 15 is 0 Å². The molecule has 3 atom stereocenters. The topological polar surface area (TPSA) is 84.3 Å². The zero-order valence-electron chi connectivity index (χ0n) is 24.5. The van der Waals surface area contributed by atoms with Crippen LogP contribution in [0, 0.1) is 17.6 Å². The number of nitrogens with zero attached hydrogens (tertiary/aromatic N) is 3. The van der Waals surface area contributed by atoms with Crippen LogP contribution in [-0.2, 0) is 34.8 Å². The molecule has 10 heteroatoms. The molecule has 0 aliphatic heterocycles. The van der Waals surface area contributed by atoms with Gasteiger partial charge >= 0.3 is 0 Å². The van der Waals surface area contributed by atoms with Crippen LogP contribution in [0.1, 0.15) is 67.6 Å². The van der Waals surface area contributed by atoms with E-state index in [1.807, 2.05) is 55.9 Å². The second kappa shape index (κ2) is 12.8. The van der Waals surface area contributed by atoms with Gasteiger partial charge in [-0.25, -0.2) is 26.9 Å². The molecule has 1 heterocycles. The highest BCUT2D eigenvalue weighted by Crippen LogP contribution is 2.49. The van der Waals surface area contributed by atoms with Crippen LogP contribution in [-0.4, -0.2) is 23.9 Å². The Morgan fingerprint density at radius 3 is 2.51 bits per heavy atom. The van der Waals surface area contributed by atoms with Crippen molar-refractivity contribution in [3.63, 3.8) is 0 Å². The maximum absolute atomic E-state index is 14.0. The van der Waals surface area contributed by atoms with Gasteiger partial charge in [0, 0.05) is 37.1 Å². The van der Waals surface area contributed by atoms with E-state index in [0.717, 1.165) is 41.7 Å². The summed E-state index contributed by atoms with van der Waals surface area (Å²) in [6, 6.07) is 16.4. The number of imidazole rings is 1. The van der Waals surface area contributed by atoms with Crippen molar-refractivity contribution in [3.8, 4) is 0 Å². The Hall–Kier alpha value is -3.89. The van der Waals surface area contributed by atoms with Gasteiger partial charge < -0.3 is 9.47 Å². The van der Waals surface area contributed by atoms with E-state index in [1.54, 1.807) is 17.2 Å². The molecule has 7 nitrogen and oxygen atoms in total. The molecular formula is C33H36F2N4O3S. The Morgan fingerprint density at radius 2 is 1.81 bits per heavy atom. The summed E-state index contributed by atoms with van der Waals surface area (Å²) in [5, 5.41) is 0. The third kappa shape index (κ3) is 6.70. The molecule has 226 valence electrons. The number of anilines is 1. The first kappa shape index (κ1) is 30.6. The second-order valence-corrected chi connectivity index (χ2v) is 12.5. The minimum absolute atomic E-state index is 0.00844. The molecule has 43 heavy (non-hydrogen) atoms. The average Bonchev–Trinajstić information content (AvgIpc) is 3.71. The van der Waals surface area contributed by atoms with Gasteiger partial charge in [-0.2, -0.15) is 0 Å². The smallest absolute Gasteiger partial charge is 0.241 e. The fraction of sp³-hybridized carbons (Fsp3) is 0.333. The van der Waals surface area contributed by atoms with E-state index in [0.29, 0.717) is 24.4 Å². The van der Waals surface area contributed by atoms with Gasteiger partial charge in [-0.1, -0.05) is 32.0 Å². The number of hydrogen-bond donors (Lipinski definition) is 1. The van der Waals surface area contributed by atoms with Crippen LogP contribution in [0.3, 0.4) is 0 Å². The van der Waals surface area contributed by atoms with Crippen LogP contribution in [0.25, 0.3) is 0 Å². The van der Waals surface area contributed by atoms with Gasteiger partial charge in [0.25, 0.3) is 0 Å². The molecule has 2 aliphatic carbocycles. The first-order valence-corrected chi connectivity index (χ1v) is 16.1. The molecular weight excluding hydrogens is 570 g/mol. The monoisotopic (exact) mass is 606 g/mol. The maximum Gasteiger partial charge on any atom is 0.241 e. The van der Waals surface area contributed by atoms with E-state index in [1.165, 1.54) is 24.3 Å². The minimum Gasteiger partial charge on any atom is -0.337 e. The molecule has 6 rings (SSSR count).